The molecule has 0 spiro atoms. The number of carboxylic acid groups (broad SMARTS) is 1. The average molecular weight is 548 g/mol. The highest BCUT2D eigenvalue weighted by Crippen LogP contribution is 2.12. The Kier molecular flexibility index (Phi) is 8.59. The number of benzene rings is 2. The minimum absolute atomic E-state index is 0.0550. The van der Waals surface area contributed by atoms with E-state index in [2.05, 4.69) is 35.9 Å². The van der Waals surface area contributed by atoms with Crippen molar-refractivity contribution >= 4 is 40.6 Å². The summed E-state index contributed by atoms with van der Waals surface area (Å²) in [5.41, 5.74) is 7.20. The van der Waals surface area contributed by atoms with Gasteiger partial charge in [-0.05, 0) is 48.4 Å². The molecule has 13 nitrogen and oxygen atoms in total. The number of nitrogens with one attached hydrogen (secondary N) is 4. The largest absolute Gasteiger partial charge is 0.481 e. The minimum Gasteiger partial charge on any atom is -0.481 e. The van der Waals surface area contributed by atoms with Gasteiger partial charge < -0.3 is 26.8 Å². The number of hydrogen-bond donors (Lipinski definition) is 6. The van der Waals surface area contributed by atoms with Crippen LogP contribution in [0.3, 0.4) is 0 Å². The Morgan fingerprint density at radius 3 is 2.45 bits per heavy atom. The van der Waals surface area contributed by atoms with Crippen LogP contribution in [0.15, 0.2) is 59.5 Å². The first-order chi connectivity index (χ1) is 19.2. The molecule has 0 bridgehead atoms. The molecule has 206 valence electrons. The smallest absolute Gasteiger partial charge is 0.303 e. The van der Waals surface area contributed by atoms with Gasteiger partial charge in [-0.15, -0.1) is 0 Å². The fourth-order valence-electron chi connectivity index (χ4n) is 3.68. The maximum atomic E-state index is 13.1. The van der Waals surface area contributed by atoms with Crippen molar-refractivity contribution in [1.29, 1.82) is 0 Å². The Morgan fingerprint density at radius 1 is 1.02 bits per heavy atom. The van der Waals surface area contributed by atoms with Gasteiger partial charge in [0.1, 0.15) is 11.9 Å². The van der Waals surface area contributed by atoms with Crippen LogP contribution in [-0.4, -0.2) is 48.9 Å². The summed E-state index contributed by atoms with van der Waals surface area (Å²) in [4.78, 5) is 63.3. The molecule has 2 amide bonds. The van der Waals surface area contributed by atoms with Crippen LogP contribution in [-0.2, 0) is 22.7 Å². The monoisotopic (exact) mass is 547 g/mol. The van der Waals surface area contributed by atoms with Crippen LogP contribution in [0.4, 0.5) is 16.0 Å². The molecule has 7 N–H and O–H groups in total. The van der Waals surface area contributed by atoms with E-state index >= 15 is 0 Å². The number of aromatic amines is 1. The predicted molar refractivity (Wildman–Crippen MR) is 143 cm³/mol. The molecule has 0 aliphatic heterocycles. The maximum Gasteiger partial charge on any atom is 0.303 e. The van der Waals surface area contributed by atoms with E-state index in [1.165, 1.54) is 42.6 Å². The van der Waals surface area contributed by atoms with Gasteiger partial charge in [-0.25, -0.2) is 14.4 Å². The lowest BCUT2D eigenvalue weighted by atomic mass is 10.1. The number of fused-ring (bicyclic) bond motifs is 1. The average Bonchev–Trinajstić information content (AvgIpc) is 2.93. The fraction of sp³-hybridized carbons (Fsp3) is 0.192. The van der Waals surface area contributed by atoms with E-state index in [-0.39, 0.29) is 48.6 Å². The molecule has 0 fully saturated rings. The number of nitrogens with two attached hydrogens (primary N) is 1. The van der Waals surface area contributed by atoms with Crippen molar-refractivity contribution < 1.29 is 23.9 Å². The third-order valence-corrected chi connectivity index (χ3v) is 5.76. The second-order valence-corrected chi connectivity index (χ2v) is 8.72. The SMILES string of the molecule is Nc1nc2ncc(CNc3ccc(C(=O)N[C@@H](CCC(=O)O)C(=O)NCc4ccc([18F])cc4)cc3)nc2c(=O)[nH]1. The van der Waals surface area contributed by atoms with E-state index in [9.17, 15) is 23.6 Å². The lowest BCUT2D eigenvalue weighted by Crippen LogP contribution is -2.46. The highest BCUT2D eigenvalue weighted by atomic mass is 18.2. The standard InChI is InChI=1S/C26H25FN8O5/c27-16-5-1-14(2-6-16)11-31-24(39)19(9-10-20(36)37)33-23(38)15-3-7-17(8-4-15)29-12-18-13-30-22-21(32-18)25(40)35-26(28)34-22/h1-8,13,19,29H,9-12H2,(H,31,39)(H,33,38)(H,36,37)(H3,28,30,34,35,40)/t19-/m0/s1/i27-1. The van der Waals surface area contributed by atoms with Crippen molar-refractivity contribution in [3.8, 4) is 0 Å². The molecule has 0 saturated carbocycles. The van der Waals surface area contributed by atoms with Gasteiger partial charge in [0.15, 0.2) is 11.2 Å². The molecule has 4 aromatic rings. The Hall–Kier alpha value is -5.40. The minimum atomic E-state index is -1.11. The molecule has 0 radical (unpaired) electrons. The molecule has 14 heteroatoms. The van der Waals surface area contributed by atoms with Gasteiger partial charge in [0.25, 0.3) is 11.5 Å². The number of carboxylic acids is 1. The van der Waals surface area contributed by atoms with E-state index in [1.807, 2.05) is 0 Å². The second kappa shape index (κ2) is 12.4. The van der Waals surface area contributed by atoms with E-state index in [0.717, 1.165) is 0 Å². The molecule has 2 aromatic carbocycles. The topological polar surface area (TPSA) is 205 Å². The Balaban J connectivity index is 1.36. The number of hydrogen-bond acceptors (Lipinski definition) is 9. The maximum absolute atomic E-state index is 13.1. The summed E-state index contributed by atoms with van der Waals surface area (Å²) in [6.07, 6.45) is 1.01. The van der Waals surface area contributed by atoms with Crippen LogP contribution in [0.25, 0.3) is 11.2 Å². The molecule has 0 aliphatic rings. The third kappa shape index (κ3) is 7.34. The summed E-state index contributed by atoms with van der Waals surface area (Å²) >= 11 is 0. The van der Waals surface area contributed by atoms with E-state index in [1.54, 1.807) is 12.1 Å². The zero-order chi connectivity index (χ0) is 28.6. The summed E-state index contributed by atoms with van der Waals surface area (Å²) in [5.74, 6) is -2.70. The van der Waals surface area contributed by atoms with E-state index < -0.39 is 35.2 Å². The molecule has 0 saturated heterocycles. The first-order valence-electron chi connectivity index (χ1n) is 12.1. The van der Waals surface area contributed by atoms with Crippen LogP contribution in [0.5, 0.6) is 0 Å². The molecular formula is C26H25FN8O5. The number of nitrogen functional groups attached to an aromatic ring is 1. The number of carbonyl (C=O) groups is 3. The van der Waals surface area contributed by atoms with Crippen LogP contribution < -0.4 is 27.2 Å². The zero-order valence-corrected chi connectivity index (χ0v) is 21.0. The number of nitrogens with zero attached hydrogens (tertiary/aromatic N) is 3. The Bertz CT molecular complexity index is 1590. The number of aliphatic carboxylic acids is 1. The van der Waals surface area contributed by atoms with Crippen LogP contribution in [0, 0.1) is 5.82 Å². The molecule has 40 heavy (non-hydrogen) atoms. The Labute approximate surface area is 226 Å². The third-order valence-electron chi connectivity index (χ3n) is 5.76. The zero-order valence-electron chi connectivity index (χ0n) is 21.0. The van der Waals surface area contributed by atoms with Crippen molar-refractivity contribution in [2.24, 2.45) is 0 Å². The van der Waals surface area contributed by atoms with Crippen LogP contribution in [0.1, 0.15) is 34.5 Å². The van der Waals surface area contributed by atoms with Gasteiger partial charge in [0.05, 0.1) is 18.4 Å². The van der Waals surface area contributed by atoms with Crippen LogP contribution in [0.2, 0.25) is 0 Å². The molecule has 0 aliphatic carbocycles. The highest BCUT2D eigenvalue weighted by molar-refractivity contribution is 5.97. The number of rotatable bonds is 11. The summed E-state index contributed by atoms with van der Waals surface area (Å²) in [6.45, 7) is 0.309. The number of anilines is 2. The van der Waals surface area contributed by atoms with Gasteiger partial charge >= 0.3 is 5.97 Å². The van der Waals surface area contributed by atoms with Crippen molar-refractivity contribution in [3.05, 3.63) is 87.7 Å². The quantitative estimate of drug-likeness (QED) is 0.159. The number of H-pyrrole nitrogens is 1. The first kappa shape index (κ1) is 27.6. The lowest BCUT2D eigenvalue weighted by molar-refractivity contribution is -0.137. The molecule has 1 atom stereocenters. The fourth-order valence-corrected chi connectivity index (χ4v) is 3.68. The van der Waals surface area contributed by atoms with Gasteiger partial charge in [0.2, 0.25) is 11.9 Å². The van der Waals surface area contributed by atoms with Crippen LogP contribution >= 0.6 is 0 Å². The lowest BCUT2D eigenvalue weighted by Gasteiger charge is -2.18. The number of aromatic nitrogens is 4. The highest BCUT2D eigenvalue weighted by Gasteiger charge is 2.22. The number of amides is 2. The predicted octanol–water partition coefficient (Wildman–Crippen LogP) is 1.33. The summed E-state index contributed by atoms with van der Waals surface area (Å²) in [6, 6.07) is 10.8. The van der Waals surface area contributed by atoms with Crippen molar-refractivity contribution in [2.75, 3.05) is 11.1 Å². The van der Waals surface area contributed by atoms with E-state index in [0.29, 0.717) is 16.9 Å². The molecule has 0 unspecified atom stereocenters. The van der Waals surface area contributed by atoms with Gasteiger partial charge in [-0.2, -0.15) is 4.98 Å². The summed E-state index contributed by atoms with van der Waals surface area (Å²) in [5, 5.41) is 17.4. The molecule has 2 aromatic heterocycles. The molecule has 2 heterocycles. The van der Waals surface area contributed by atoms with Gasteiger partial charge in [-0.3, -0.25) is 24.2 Å². The summed E-state index contributed by atoms with van der Waals surface area (Å²) in [7, 11) is 0. The first-order valence-corrected chi connectivity index (χ1v) is 12.1. The molecular weight excluding hydrogens is 522 g/mol. The van der Waals surface area contributed by atoms with E-state index in [4.69, 9.17) is 10.8 Å². The summed E-state index contributed by atoms with van der Waals surface area (Å²) < 4.78 is 13.1. The molecule has 4 rings (SSSR count). The normalized spacial score (nSPS) is 11.5. The second-order valence-electron chi connectivity index (χ2n) is 8.72. The number of carbonyl (C=O) groups excluding carboxylic acids is 2. The Morgan fingerprint density at radius 2 is 1.75 bits per heavy atom. The van der Waals surface area contributed by atoms with Crippen molar-refractivity contribution in [1.82, 2.24) is 30.6 Å². The van der Waals surface area contributed by atoms with Crippen molar-refractivity contribution in [2.45, 2.75) is 32.0 Å². The number of halogens is 1. The van der Waals surface area contributed by atoms with Gasteiger partial charge in [-0.1, -0.05) is 12.1 Å². The van der Waals surface area contributed by atoms with Gasteiger partial charge in [0, 0.05) is 24.2 Å². The van der Waals surface area contributed by atoms with Crippen molar-refractivity contribution in [3.63, 3.8) is 0 Å².